The monoisotopic (exact) mass is 366 g/mol. The Morgan fingerprint density at radius 3 is 2.59 bits per heavy atom. The van der Waals surface area contributed by atoms with Crippen LogP contribution in [0, 0.1) is 5.92 Å². The van der Waals surface area contributed by atoms with E-state index in [4.69, 9.17) is 9.47 Å². The second-order valence-corrected chi connectivity index (χ2v) is 7.41. The highest BCUT2D eigenvalue weighted by atomic mass is 16.5. The molecule has 2 aliphatic rings. The van der Waals surface area contributed by atoms with E-state index in [1.54, 1.807) is 12.3 Å². The van der Waals surface area contributed by atoms with E-state index in [9.17, 15) is 4.79 Å². The van der Waals surface area contributed by atoms with Crippen molar-refractivity contribution in [1.29, 1.82) is 0 Å². The molecular formula is C22H26N2O3. The van der Waals surface area contributed by atoms with Gasteiger partial charge in [-0.15, -0.1) is 0 Å². The Morgan fingerprint density at radius 1 is 1.11 bits per heavy atom. The normalized spacial score (nSPS) is 20.6. The van der Waals surface area contributed by atoms with Crippen LogP contribution in [-0.4, -0.2) is 48.2 Å². The summed E-state index contributed by atoms with van der Waals surface area (Å²) in [5, 5.41) is 0. The summed E-state index contributed by atoms with van der Waals surface area (Å²) >= 11 is 0. The van der Waals surface area contributed by atoms with Gasteiger partial charge in [-0.2, -0.15) is 0 Å². The average Bonchev–Trinajstić information content (AvgIpc) is 3.22. The van der Waals surface area contributed by atoms with E-state index < -0.39 is 0 Å². The van der Waals surface area contributed by atoms with Gasteiger partial charge in [-0.25, -0.2) is 4.98 Å². The highest BCUT2D eigenvalue weighted by Crippen LogP contribution is 2.23. The van der Waals surface area contributed by atoms with Crippen molar-refractivity contribution >= 4 is 5.91 Å². The fraction of sp³-hybridized carbons (Fsp3) is 0.455. The summed E-state index contributed by atoms with van der Waals surface area (Å²) in [5.74, 6) is 1.28. The molecule has 2 saturated heterocycles. The van der Waals surface area contributed by atoms with Crippen molar-refractivity contribution in [3.8, 4) is 5.88 Å². The number of ether oxygens (including phenoxy) is 2. The van der Waals surface area contributed by atoms with Crippen LogP contribution >= 0.6 is 0 Å². The Balaban J connectivity index is 1.28. The summed E-state index contributed by atoms with van der Waals surface area (Å²) in [4.78, 5) is 19.0. The molecule has 2 aliphatic heterocycles. The number of pyridine rings is 1. The molecule has 0 radical (unpaired) electrons. The van der Waals surface area contributed by atoms with Gasteiger partial charge in [0.05, 0.1) is 18.8 Å². The lowest BCUT2D eigenvalue weighted by Crippen LogP contribution is -2.39. The number of hydrogen-bond donors (Lipinski definition) is 0. The van der Waals surface area contributed by atoms with Crippen molar-refractivity contribution < 1.29 is 14.3 Å². The summed E-state index contributed by atoms with van der Waals surface area (Å²) in [7, 11) is 0. The molecule has 0 unspecified atom stereocenters. The Labute approximate surface area is 160 Å². The SMILES string of the molecule is O=C(c1ccc(O[C@@H]2CCOC2)nc1)N1CCC(Cc2ccccc2)CC1. The standard InChI is InChI=1S/C22H26N2O3/c25-22(19-6-7-21(23-15-19)27-20-10-13-26-16-20)24-11-8-18(9-12-24)14-17-4-2-1-3-5-17/h1-7,15,18,20H,8-14,16H2/t20-/m1/s1. The fourth-order valence-electron chi connectivity index (χ4n) is 3.82. The molecule has 1 atom stereocenters. The predicted octanol–water partition coefficient (Wildman–Crippen LogP) is 3.34. The maximum absolute atomic E-state index is 12.7. The molecular weight excluding hydrogens is 340 g/mol. The number of carbonyl (C=O) groups excluding carboxylic acids is 1. The molecule has 1 aromatic carbocycles. The first-order chi connectivity index (χ1) is 13.3. The van der Waals surface area contributed by atoms with E-state index in [1.165, 1.54) is 5.56 Å². The smallest absolute Gasteiger partial charge is 0.255 e. The van der Waals surface area contributed by atoms with E-state index in [1.807, 2.05) is 11.0 Å². The third-order valence-electron chi connectivity index (χ3n) is 5.43. The summed E-state index contributed by atoms with van der Waals surface area (Å²) < 4.78 is 11.1. The number of carbonyl (C=O) groups is 1. The summed E-state index contributed by atoms with van der Waals surface area (Å²) in [5.41, 5.74) is 2.02. The maximum Gasteiger partial charge on any atom is 0.255 e. The van der Waals surface area contributed by atoms with Crippen molar-refractivity contribution in [1.82, 2.24) is 9.88 Å². The highest BCUT2D eigenvalue weighted by molar-refractivity contribution is 5.94. The number of amides is 1. The van der Waals surface area contributed by atoms with Gasteiger partial charge in [0, 0.05) is 31.8 Å². The van der Waals surface area contributed by atoms with Gasteiger partial charge in [0.15, 0.2) is 0 Å². The van der Waals surface area contributed by atoms with Gasteiger partial charge < -0.3 is 14.4 Å². The molecule has 5 nitrogen and oxygen atoms in total. The van der Waals surface area contributed by atoms with Crippen molar-refractivity contribution in [2.45, 2.75) is 31.8 Å². The highest BCUT2D eigenvalue weighted by Gasteiger charge is 2.24. The quantitative estimate of drug-likeness (QED) is 0.814. The molecule has 0 bridgehead atoms. The van der Waals surface area contributed by atoms with Gasteiger partial charge in [-0.3, -0.25) is 4.79 Å². The number of piperidine rings is 1. The van der Waals surface area contributed by atoms with Crippen LogP contribution in [0.25, 0.3) is 0 Å². The predicted molar refractivity (Wildman–Crippen MR) is 103 cm³/mol. The lowest BCUT2D eigenvalue weighted by atomic mass is 9.90. The number of aromatic nitrogens is 1. The second-order valence-electron chi connectivity index (χ2n) is 7.41. The van der Waals surface area contributed by atoms with Crippen LogP contribution in [0.3, 0.4) is 0 Å². The minimum Gasteiger partial charge on any atom is -0.472 e. The van der Waals surface area contributed by atoms with Gasteiger partial charge in [-0.05, 0) is 36.8 Å². The zero-order valence-corrected chi connectivity index (χ0v) is 15.5. The minimum absolute atomic E-state index is 0.0661. The Kier molecular flexibility index (Phi) is 5.68. The van der Waals surface area contributed by atoms with Crippen LogP contribution in [0.1, 0.15) is 35.2 Å². The third-order valence-corrected chi connectivity index (χ3v) is 5.43. The lowest BCUT2D eigenvalue weighted by molar-refractivity contribution is 0.0690. The van der Waals surface area contributed by atoms with Gasteiger partial charge in [-0.1, -0.05) is 30.3 Å². The molecule has 4 rings (SSSR count). The van der Waals surface area contributed by atoms with E-state index in [0.717, 1.165) is 45.4 Å². The van der Waals surface area contributed by atoms with Gasteiger partial charge in [0.1, 0.15) is 6.10 Å². The molecule has 2 aromatic rings. The Hall–Kier alpha value is -2.40. The van der Waals surface area contributed by atoms with Crippen LogP contribution in [0.4, 0.5) is 0 Å². The van der Waals surface area contributed by atoms with E-state index in [-0.39, 0.29) is 12.0 Å². The minimum atomic E-state index is 0.0661. The van der Waals surface area contributed by atoms with Gasteiger partial charge in [0.2, 0.25) is 5.88 Å². The Bertz CT molecular complexity index is 734. The maximum atomic E-state index is 12.7. The van der Waals surface area contributed by atoms with Crippen molar-refractivity contribution in [2.75, 3.05) is 26.3 Å². The molecule has 5 heteroatoms. The van der Waals surface area contributed by atoms with E-state index in [0.29, 0.717) is 24.0 Å². The average molecular weight is 366 g/mol. The van der Waals surface area contributed by atoms with Crippen molar-refractivity contribution in [3.63, 3.8) is 0 Å². The van der Waals surface area contributed by atoms with Crippen LogP contribution in [0.15, 0.2) is 48.7 Å². The van der Waals surface area contributed by atoms with Crippen LogP contribution in [-0.2, 0) is 11.2 Å². The molecule has 0 saturated carbocycles. The van der Waals surface area contributed by atoms with Crippen LogP contribution in [0.5, 0.6) is 5.88 Å². The third kappa shape index (κ3) is 4.66. The van der Waals surface area contributed by atoms with E-state index >= 15 is 0 Å². The Morgan fingerprint density at radius 2 is 1.93 bits per heavy atom. The molecule has 1 amide bonds. The summed E-state index contributed by atoms with van der Waals surface area (Å²) in [6.45, 7) is 2.98. The first-order valence-electron chi connectivity index (χ1n) is 9.81. The second kappa shape index (κ2) is 8.53. The first kappa shape index (κ1) is 18.0. The zero-order chi connectivity index (χ0) is 18.5. The summed E-state index contributed by atoms with van der Waals surface area (Å²) in [6.07, 6.45) is 5.79. The first-order valence-corrected chi connectivity index (χ1v) is 9.81. The van der Waals surface area contributed by atoms with Crippen LogP contribution in [0.2, 0.25) is 0 Å². The number of nitrogens with zero attached hydrogens (tertiary/aromatic N) is 2. The molecule has 0 N–H and O–H groups in total. The fourth-order valence-corrected chi connectivity index (χ4v) is 3.82. The van der Waals surface area contributed by atoms with Gasteiger partial charge >= 0.3 is 0 Å². The van der Waals surface area contributed by atoms with Gasteiger partial charge in [0.25, 0.3) is 5.91 Å². The lowest BCUT2D eigenvalue weighted by Gasteiger charge is -2.32. The molecule has 142 valence electrons. The molecule has 0 spiro atoms. The molecule has 3 heterocycles. The van der Waals surface area contributed by atoms with Crippen molar-refractivity contribution in [2.24, 2.45) is 5.92 Å². The topological polar surface area (TPSA) is 51.7 Å². The van der Waals surface area contributed by atoms with Crippen LogP contribution < -0.4 is 4.74 Å². The largest absolute Gasteiger partial charge is 0.472 e. The molecule has 0 aliphatic carbocycles. The summed E-state index contributed by atoms with van der Waals surface area (Å²) in [6, 6.07) is 14.2. The number of benzene rings is 1. The van der Waals surface area contributed by atoms with E-state index in [2.05, 4.69) is 35.3 Å². The molecule has 1 aromatic heterocycles. The molecule has 27 heavy (non-hydrogen) atoms. The zero-order valence-electron chi connectivity index (χ0n) is 15.5. The number of rotatable bonds is 5. The number of hydrogen-bond acceptors (Lipinski definition) is 4. The number of likely N-dealkylation sites (tertiary alicyclic amines) is 1. The van der Waals surface area contributed by atoms with Crippen molar-refractivity contribution in [3.05, 3.63) is 59.8 Å². The molecule has 2 fully saturated rings.